The molecule has 1 amide bonds. The fourth-order valence-electron chi connectivity index (χ4n) is 4.86. The highest BCUT2D eigenvalue weighted by atomic mass is 35.5. The second-order valence-electron chi connectivity index (χ2n) is 9.85. The Bertz CT molecular complexity index is 1970. The molecular weight excluding hydrogens is 598 g/mol. The second-order valence-corrected chi connectivity index (χ2v) is 12.2. The number of carbonyl (C=O) groups is 2. The van der Waals surface area contributed by atoms with Gasteiger partial charge in [0, 0.05) is 26.9 Å². The van der Waals surface area contributed by atoms with Crippen molar-refractivity contribution in [2.24, 2.45) is 0 Å². The molecule has 0 aliphatic heterocycles. The SMILES string of the molecule is CCOC(=O)c1c(-c2ccccc2)csc1NC(=O)c1sc2nc(-c3ccc(C)cc3)cc(-c3ccc(Cl)cc3)c2c1N. The maximum atomic E-state index is 13.8. The summed E-state index contributed by atoms with van der Waals surface area (Å²) in [4.78, 5) is 32.7. The Kier molecular flexibility index (Phi) is 7.99. The first-order chi connectivity index (χ1) is 20.8. The number of hydrogen-bond donors (Lipinski definition) is 2. The van der Waals surface area contributed by atoms with Crippen molar-refractivity contribution >= 4 is 67.1 Å². The molecule has 0 atom stereocenters. The van der Waals surface area contributed by atoms with Gasteiger partial charge in [0.15, 0.2) is 0 Å². The van der Waals surface area contributed by atoms with Crippen LogP contribution < -0.4 is 11.1 Å². The summed E-state index contributed by atoms with van der Waals surface area (Å²) in [6.07, 6.45) is 0. The number of nitrogens with one attached hydrogen (secondary N) is 1. The van der Waals surface area contributed by atoms with Crippen molar-refractivity contribution in [1.82, 2.24) is 4.98 Å². The van der Waals surface area contributed by atoms with E-state index in [0.29, 0.717) is 41.9 Å². The minimum Gasteiger partial charge on any atom is -0.462 e. The maximum Gasteiger partial charge on any atom is 0.341 e. The van der Waals surface area contributed by atoms with Gasteiger partial charge in [-0.15, -0.1) is 22.7 Å². The molecule has 43 heavy (non-hydrogen) atoms. The van der Waals surface area contributed by atoms with Crippen LogP contribution in [0.5, 0.6) is 0 Å². The van der Waals surface area contributed by atoms with E-state index < -0.39 is 11.9 Å². The number of pyridine rings is 1. The van der Waals surface area contributed by atoms with Crippen molar-refractivity contribution in [3.63, 3.8) is 0 Å². The molecule has 9 heteroatoms. The van der Waals surface area contributed by atoms with E-state index in [9.17, 15) is 9.59 Å². The van der Waals surface area contributed by atoms with Crippen LogP contribution in [0.1, 0.15) is 32.5 Å². The van der Waals surface area contributed by atoms with Crippen molar-refractivity contribution in [2.75, 3.05) is 17.7 Å². The van der Waals surface area contributed by atoms with E-state index >= 15 is 0 Å². The summed E-state index contributed by atoms with van der Waals surface area (Å²) >= 11 is 8.67. The van der Waals surface area contributed by atoms with Crippen LogP contribution in [-0.4, -0.2) is 23.5 Å². The van der Waals surface area contributed by atoms with Gasteiger partial charge < -0.3 is 15.8 Å². The summed E-state index contributed by atoms with van der Waals surface area (Å²) in [6.45, 7) is 3.99. The Balaban J connectivity index is 1.45. The Morgan fingerprint density at radius 1 is 0.930 bits per heavy atom. The van der Waals surface area contributed by atoms with E-state index in [1.165, 1.54) is 22.7 Å². The third-order valence-electron chi connectivity index (χ3n) is 6.99. The number of halogens is 1. The predicted molar refractivity (Wildman–Crippen MR) is 178 cm³/mol. The number of fused-ring (bicyclic) bond motifs is 1. The smallest absolute Gasteiger partial charge is 0.341 e. The minimum atomic E-state index is -0.503. The van der Waals surface area contributed by atoms with E-state index in [1.807, 2.05) is 97.2 Å². The Morgan fingerprint density at radius 2 is 1.60 bits per heavy atom. The average molecular weight is 624 g/mol. The quantitative estimate of drug-likeness (QED) is 0.173. The van der Waals surface area contributed by atoms with Crippen LogP contribution in [0.2, 0.25) is 5.02 Å². The lowest BCUT2D eigenvalue weighted by atomic mass is 9.99. The largest absolute Gasteiger partial charge is 0.462 e. The first-order valence-corrected chi connectivity index (χ1v) is 15.6. The van der Waals surface area contributed by atoms with Crippen LogP contribution in [0, 0.1) is 6.92 Å². The van der Waals surface area contributed by atoms with E-state index in [0.717, 1.165) is 33.5 Å². The molecule has 6 aromatic rings. The summed E-state index contributed by atoms with van der Waals surface area (Å²) in [5.41, 5.74) is 13.5. The summed E-state index contributed by atoms with van der Waals surface area (Å²) in [5, 5.41) is 6.49. The highest BCUT2D eigenvalue weighted by Gasteiger charge is 2.26. The minimum absolute atomic E-state index is 0.210. The number of carbonyl (C=O) groups excluding carboxylic acids is 2. The molecule has 0 spiro atoms. The van der Waals surface area contributed by atoms with Gasteiger partial charge in [0.25, 0.3) is 5.91 Å². The van der Waals surface area contributed by atoms with E-state index in [2.05, 4.69) is 5.32 Å². The first kappa shape index (κ1) is 28.6. The molecule has 214 valence electrons. The normalized spacial score (nSPS) is 11.0. The number of nitrogens with two attached hydrogens (primary N) is 1. The molecule has 0 unspecified atom stereocenters. The number of aromatic nitrogens is 1. The molecule has 0 aliphatic rings. The predicted octanol–water partition coefficient (Wildman–Crippen LogP) is 9.33. The molecule has 3 heterocycles. The van der Waals surface area contributed by atoms with E-state index in [-0.39, 0.29) is 6.61 Å². The number of ether oxygens (including phenoxy) is 1. The Labute approximate surface area is 261 Å². The van der Waals surface area contributed by atoms with Gasteiger partial charge in [-0.25, -0.2) is 9.78 Å². The molecule has 0 fully saturated rings. The average Bonchev–Trinajstić information content (AvgIpc) is 3.59. The Hall–Kier alpha value is -4.50. The second kappa shape index (κ2) is 12.0. The van der Waals surface area contributed by atoms with Gasteiger partial charge >= 0.3 is 5.97 Å². The molecular formula is C34H26ClN3O3S2. The highest BCUT2D eigenvalue weighted by Crippen LogP contribution is 2.43. The van der Waals surface area contributed by atoms with Crippen molar-refractivity contribution in [1.29, 1.82) is 0 Å². The molecule has 0 saturated heterocycles. The molecule has 0 saturated carbocycles. The van der Waals surface area contributed by atoms with Gasteiger partial charge in [-0.1, -0.05) is 83.9 Å². The number of benzene rings is 3. The molecule has 6 rings (SSSR count). The summed E-state index contributed by atoms with van der Waals surface area (Å²) < 4.78 is 5.36. The number of hydrogen-bond acceptors (Lipinski definition) is 7. The van der Waals surface area contributed by atoms with Crippen molar-refractivity contribution in [3.05, 3.63) is 111 Å². The number of anilines is 2. The molecule has 6 nitrogen and oxygen atoms in total. The van der Waals surface area contributed by atoms with Gasteiger partial charge in [-0.2, -0.15) is 0 Å². The van der Waals surface area contributed by atoms with Gasteiger partial charge in [-0.05, 0) is 48.7 Å². The van der Waals surface area contributed by atoms with Gasteiger partial charge in [-0.3, -0.25) is 4.79 Å². The Morgan fingerprint density at radius 3 is 2.30 bits per heavy atom. The maximum absolute atomic E-state index is 13.8. The van der Waals surface area contributed by atoms with E-state index in [1.54, 1.807) is 6.92 Å². The van der Waals surface area contributed by atoms with Crippen molar-refractivity contribution in [3.8, 4) is 33.5 Å². The molecule has 3 aromatic carbocycles. The standard InChI is InChI=1S/C34H26ClN3O3S2/c1-3-41-34(40)28-25(20-7-5-4-6-8-20)18-42-32(28)38-31(39)30-29(36)27-24(21-13-15-23(35)16-14-21)17-26(37-33(27)43-30)22-11-9-19(2)10-12-22/h4-18H,3,36H2,1-2H3,(H,38,39). The number of amides is 1. The number of rotatable bonds is 7. The third-order valence-corrected chi connectivity index (χ3v) is 9.24. The first-order valence-electron chi connectivity index (χ1n) is 13.6. The highest BCUT2D eigenvalue weighted by molar-refractivity contribution is 7.21. The lowest BCUT2D eigenvalue weighted by molar-refractivity contribution is 0.0529. The van der Waals surface area contributed by atoms with E-state index in [4.69, 9.17) is 27.1 Å². The zero-order chi connectivity index (χ0) is 30.1. The summed E-state index contributed by atoms with van der Waals surface area (Å²) in [5.74, 6) is -0.928. The number of thiophene rings is 2. The van der Waals surface area contributed by atoms with Gasteiger partial charge in [0.1, 0.15) is 20.3 Å². The summed E-state index contributed by atoms with van der Waals surface area (Å²) in [6, 6.07) is 27.1. The van der Waals surface area contributed by atoms with Crippen molar-refractivity contribution < 1.29 is 14.3 Å². The van der Waals surface area contributed by atoms with Crippen LogP contribution >= 0.6 is 34.3 Å². The lowest BCUT2D eigenvalue weighted by Gasteiger charge is -2.10. The number of nitrogens with zero attached hydrogens (tertiary/aromatic N) is 1. The molecule has 3 N–H and O–H groups in total. The zero-order valence-electron chi connectivity index (χ0n) is 23.3. The summed E-state index contributed by atoms with van der Waals surface area (Å²) in [7, 11) is 0. The zero-order valence-corrected chi connectivity index (χ0v) is 25.7. The number of nitrogen functional groups attached to an aromatic ring is 1. The van der Waals surface area contributed by atoms with Gasteiger partial charge in [0.05, 0.1) is 18.0 Å². The number of esters is 1. The fourth-order valence-corrected chi connectivity index (χ4v) is 6.96. The van der Waals surface area contributed by atoms with Crippen molar-refractivity contribution in [2.45, 2.75) is 13.8 Å². The van der Waals surface area contributed by atoms with Gasteiger partial charge in [0.2, 0.25) is 0 Å². The fraction of sp³-hybridized carbons (Fsp3) is 0.0882. The monoisotopic (exact) mass is 623 g/mol. The number of aryl methyl sites for hydroxylation is 1. The molecule has 0 radical (unpaired) electrons. The molecule has 0 aliphatic carbocycles. The van der Waals surface area contributed by atoms with Crippen LogP contribution in [0.4, 0.5) is 10.7 Å². The van der Waals surface area contributed by atoms with Crippen LogP contribution in [0.25, 0.3) is 43.7 Å². The van der Waals surface area contributed by atoms with Crippen LogP contribution in [0.15, 0.2) is 90.3 Å². The van der Waals surface area contributed by atoms with Crippen LogP contribution in [0.3, 0.4) is 0 Å². The van der Waals surface area contributed by atoms with Crippen LogP contribution in [-0.2, 0) is 4.74 Å². The third kappa shape index (κ3) is 5.64. The topological polar surface area (TPSA) is 94.3 Å². The molecule has 0 bridgehead atoms. The lowest BCUT2D eigenvalue weighted by Crippen LogP contribution is -2.15. The molecule has 3 aromatic heterocycles.